The third-order valence-electron chi connectivity index (χ3n) is 5.78. The van der Waals surface area contributed by atoms with Gasteiger partial charge in [0.1, 0.15) is 11.8 Å². The van der Waals surface area contributed by atoms with Crippen LogP contribution in [0.15, 0.2) is 60.0 Å². The Morgan fingerprint density at radius 1 is 0.897 bits per heavy atom. The number of rotatable bonds is 11. The van der Waals surface area contributed by atoms with Crippen LogP contribution in [0.3, 0.4) is 0 Å². The van der Waals surface area contributed by atoms with Crippen molar-refractivity contribution in [2.75, 3.05) is 27.9 Å². The number of carbonyl (C=O) groups is 3. The lowest BCUT2D eigenvalue weighted by atomic mass is 10.00. The van der Waals surface area contributed by atoms with Crippen molar-refractivity contribution < 1.29 is 28.6 Å². The van der Waals surface area contributed by atoms with Crippen LogP contribution in [0, 0.1) is 0 Å². The fourth-order valence-electron chi connectivity index (χ4n) is 4.03. The zero-order chi connectivity index (χ0) is 28.6. The van der Waals surface area contributed by atoms with Crippen LogP contribution < -0.4 is 24.8 Å². The Hall–Kier alpha value is -4.05. The lowest BCUT2D eigenvalue weighted by Gasteiger charge is -2.34. The first kappa shape index (κ1) is 29.5. The summed E-state index contributed by atoms with van der Waals surface area (Å²) in [5.41, 5.74) is 0.646. The first-order chi connectivity index (χ1) is 18.6. The zero-order valence-corrected chi connectivity index (χ0v) is 23.9. The Labute approximate surface area is 233 Å². The van der Waals surface area contributed by atoms with Gasteiger partial charge in [-0.3, -0.25) is 14.4 Å². The average Bonchev–Trinajstić information content (AvgIpc) is 3.45. The van der Waals surface area contributed by atoms with Gasteiger partial charge in [0.25, 0.3) is 5.91 Å². The van der Waals surface area contributed by atoms with Gasteiger partial charge in [0.05, 0.1) is 39.3 Å². The second-order valence-corrected chi connectivity index (χ2v) is 10.7. The van der Waals surface area contributed by atoms with Crippen LogP contribution in [0.4, 0.5) is 0 Å². The minimum Gasteiger partial charge on any atom is -0.496 e. The summed E-state index contributed by atoms with van der Waals surface area (Å²) >= 11 is 1.28. The van der Waals surface area contributed by atoms with Crippen molar-refractivity contribution in [3.8, 4) is 17.2 Å². The van der Waals surface area contributed by atoms with Gasteiger partial charge in [0, 0.05) is 11.1 Å². The van der Waals surface area contributed by atoms with Gasteiger partial charge in [0.2, 0.25) is 11.8 Å². The molecule has 3 amide bonds. The second kappa shape index (κ2) is 13.1. The van der Waals surface area contributed by atoms with Crippen LogP contribution >= 0.6 is 11.3 Å². The van der Waals surface area contributed by atoms with E-state index in [4.69, 9.17) is 14.2 Å². The summed E-state index contributed by atoms with van der Waals surface area (Å²) in [4.78, 5) is 42.2. The molecule has 39 heavy (non-hydrogen) atoms. The maximum atomic E-state index is 13.8. The van der Waals surface area contributed by atoms with Crippen LogP contribution in [-0.2, 0) is 16.1 Å². The summed E-state index contributed by atoms with van der Waals surface area (Å²) < 4.78 is 16.4. The van der Waals surface area contributed by atoms with Crippen molar-refractivity contribution in [1.82, 2.24) is 15.5 Å². The Balaban J connectivity index is 2.08. The highest BCUT2D eigenvalue weighted by molar-refractivity contribution is 7.12. The first-order valence-corrected chi connectivity index (χ1v) is 13.2. The minimum absolute atomic E-state index is 0.0499. The number of benzene rings is 2. The summed E-state index contributed by atoms with van der Waals surface area (Å²) in [5.74, 6) is 0.274. The minimum atomic E-state index is -1.06. The molecule has 1 heterocycles. The van der Waals surface area contributed by atoms with Crippen LogP contribution in [0.2, 0.25) is 0 Å². The number of ether oxygens (including phenoxy) is 3. The molecule has 0 unspecified atom stereocenters. The molecule has 0 spiro atoms. The Kier molecular flexibility index (Phi) is 9.95. The maximum Gasteiger partial charge on any atom is 0.261 e. The van der Waals surface area contributed by atoms with E-state index in [1.807, 2.05) is 39.0 Å². The zero-order valence-electron chi connectivity index (χ0n) is 23.1. The number of hydrogen-bond acceptors (Lipinski definition) is 7. The number of nitrogens with one attached hydrogen (secondary N) is 2. The second-order valence-electron chi connectivity index (χ2n) is 9.75. The molecule has 9 nitrogen and oxygen atoms in total. The van der Waals surface area contributed by atoms with Crippen molar-refractivity contribution in [2.45, 2.75) is 38.9 Å². The molecule has 0 aliphatic rings. The number of amides is 3. The van der Waals surface area contributed by atoms with Gasteiger partial charge in [-0.15, -0.1) is 11.3 Å². The molecule has 208 valence electrons. The van der Waals surface area contributed by atoms with Gasteiger partial charge in [-0.1, -0.05) is 30.3 Å². The molecule has 0 radical (unpaired) electrons. The topological polar surface area (TPSA) is 106 Å². The number of thiophene rings is 1. The summed E-state index contributed by atoms with van der Waals surface area (Å²) in [6, 6.07) is 14.8. The van der Waals surface area contributed by atoms with Gasteiger partial charge in [-0.2, -0.15) is 0 Å². The molecule has 3 rings (SSSR count). The summed E-state index contributed by atoms with van der Waals surface area (Å²) in [6.07, 6.45) is 0. The summed E-state index contributed by atoms with van der Waals surface area (Å²) in [6.45, 7) is 5.34. The fourth-order valence-corrected chi connectivity index (χ4v) is 4.67. The van der Waals surface area contributed by atoms with E-state index in [2.05, 4.69) is 10.6 Å². The van der Waals surface area contributed by atoms with Gasteiger partial charge < -0.3 is 29.7 Å². The molecule has 0 fully saturated rings. The number of methoxy groups -OCH3 is 3. The molecule has 1 aromatic heterocycles. The van der Waals surface area contributed by atoms with Crippen molar-refractivity contribution in [2.24, 2.45) is 0 Å². The Morgan fingerprint density at radius 3 is 2.21 bits per heavy atom. The van der Waals surface area contributed by atoms with Gasteiger partial charge in [0.15, 0.2) is 11.5 Å². The number of para-hydroxylation sites is 1. The predicted octanol–water partition coefficient (Wildman–Crippen LogP) is 4.19. The molecule has 2 N–H and O–H groups in total. The van der Waals surface area contributed by atoms with E-state index in [0.717, 1.165) is 0 Å². The summed E-state index contributed by atoms with van der Waals surface area (Å²) in [5, 5.41) is 7.47. The molecule has 0 aliphatic carbocycles. The number of nitrogens with zero attached hydrogens (tertiary/aromatic N) is 1. The van der Waals surface area contributed by atoms with Gasteiger partial charge >= 0.3 is 0 Å². The SMILES string of the molecule is COc1ccccc1CN(C(=O)CNC(=O)c1cccs1)[C@@H](C(=O)NC(C)(C)C)c1ccc(OC)c(OC)c1. The standard InChI is InChI=1S/C29H35N3O6S/c1-29(2,3)31-28(35)26(19-13-14-22(37-5)23(16-19)38-6)32(18-20-10-7-8-11-21(20)36-4)25(33)17-30-27(34)24-12-9-15-39-24/h7-16,26H,17-18H2,1-6H3,(H,30,34)(H,31,35)/t26-/m1/s1. The van der Waals surface area contributed by atoms with Crippen LogP contribution in [-0.4, -0.2) is 56.0 Å². The van der Waals surface area contributed by atoms with Crippen LogP contribution in [0.1, 0.15) is 47.6 Å². The third kappa shape index (κ3) is 7.73. The molecular formula is C29H35N3O6S. The molecule has 0 bridgehead atoms. The molecule has 10 heteroatoms. The van der Waals surface area contributed by atoms with Crippen molar-refractivity contribution >= 4 is 29.1 Å². The summed E-state index contributed by atoms with van der Waals surface area (Å²) in [7, 11) is 4.57. The van der Waals surface area contributed by atoms with E-state index in [1.54, 1.807) is 48.9 Å². The first-order valence-electron chi connectivity index (χ1n) is 12.3. The normalized spacial score (nSPS) is 11.7. The Bertz CT molecular complexity index is 1290. The molecule has 2 aromatic carbocycles. The van der Waals surface area contributed by atoms with E-state index in [-0.39, 0.29) is 24.9 Å². The molecule has 1 atom stereocenters. The lowest BCUT2D eigenvalue weighted by molar-refractivity contribution is -0.141. The third-order valence-corrected chi connectivity index (χ3v) is 6.65. The maximum absolute atomic E-state index is 13.8. The van der Waals surface area contributed by atoms with E-state index in [0.29, 0.717) is 33.3 Å². The largest absolute Gasteiger partial charge is 0.496 e. The molecule has 0 aliphatic heterocycles. The van der Waals surface area contributed by atoms with E-state index >= 15 is 0 Å². The smallest absolute Gasteiger partial charge is 0.261 e. The lowest BCUT2D eigenvalue weighted by Crippen LogP contribution is -2.50. The van der Waals surface area contributed by atoms with E-state index < -0.39 is 17.5 Å². The van der Waals surface area contributed by atoms with Crippen molar-refractivity contribution in [3.05, 3.63) is 76.0 Å². The molecule has 0 saturated heterocycles. The van der Waals surface area contributed by atoms with Crippen molar-refractivity contribution in [1.29, 1.82) is 0 Å². The highest BCUT2D eigenvalue weighted by Gasteiger charge is 2.34. The quantitative estimate of drug-likeness (QED) is 0.369. The highest BCUT2D eigenvalue weighted by atomic mass is 32.1. The highest BCUT2D eigenvalue weighted by Crippen LogP contribution is 2.34. The van der Waals surface area contributed by atoms with Gasteiger partial charge in [-0.05, 0) is 56.0 Å². The average molecular weight is 554 g/mol. The van der Waals surface area contributed by atoms with Gasteiger partial charge in [-0.25, -0.2) is 0 Å². The van der Waals surface area contributed by atoms with Crippen LogP contribution in [0.25, 0.3) is 0 Å². The van der Waals surface area contributed by atoms with E-state index in [1.165, 1.54) is 30.5 Å². The monoisotopic (exact) mass is 553 g/mol. The molecule has 0 saturated carbocycles. The fraction of sp³-hybridized carbons (Fsp3) is 0.345. The Morgan fingerprint density at radius 2 is 1.59 bits per heavy atom. The van der Waals surface area contributed by atoms with E-state index in [9.17, 15) is 14.4 Å². The van der Waals surface area contributed by atoms with Crippen molar-refractivity contribution in [3.63, 3.8) is 0 Å². The molecule has 3 aromatic rings. The van der Waals surface area contributed by atoms with Crippen LogP contribution in [0.5, 0.6) is 17.2 Å². The number of hydrogen-bond donors (Lipinski definition) is 2. The number of carbonyl (C=O) groups excluding carboxylic acids is 3. The molecular weight excluding hydrogens is 518 g/mol. The predicted molar refractivity (Wildman–Crippen MR) is 150 cm³/mol.